The van der Waals surface area contributed by atoms with E-state index >= 15 is 0 Å². The lowest BCUT2D eigenvalue weighted by atomic mass is 10.1. The van der Waals surface area contributed by atoms with Crippen LogP contribution in [0.1, 0.15) is 21.5 Å². The van der Waals surface area contributed by atoms with E-state index in [9.17, 15) is 9.90 Å². The minimum Gasteiger partial charge on any atom is -0.497 e. The zero-order valence-corrected chi connectivity index (χ0v) is 21.6. The van der Waals surface area contributed by atoms with E-state index in [0.29, 0.717) is 18.9 Å². The molecule has 0 unspecified atom stereocenters. The highest BCUT2D eigenvalue weighted by atomic mass is 35.5. The first-order valence-corrected chi connectivity index (χ1v) is 12.3. The van der Waals surface area contributed by atoms with Crippen LogP contribution >= 0.6 is 11.6 Å². The average Bonchev–Trinajstić information content (AvgIpc) is 2.95. The van der Waals surface area contributed by atoms with Gasteiger partial charge in [-0.15, -0.1) is 0 Å². The highest BCUT2D eigenvalue weighted by Gasteiger charge is 2.30. The maximum atomic E-state index is 13.4. The number of aliphatic hydroxyl groups is 1. The van der Waals surface area contributed by atoms with Crippen molar-refractivity contribution in [2.45, 2.75) is 19.3 Å². The first-order valence-electron chi connectivity index (χ1n) is 11.9. The van der Waals surface area contributed by atoms with Crippen LogP contribution in [0.25, 0.3) is 0 Å². The molecule has 8 nitrogen and oxygen atoms in total. The third kappa shape index (κ3) is 6.46. The van der Waals surface area contributed by atoms with Gasteiger partial charge in [0, 0.05) is 6.54 Å². The zero-order valence-electron chi connectivity index (χ0n) is 20.8. The molecule has 0 saturated carbocycles. The summed E-state index contributed by atoms with van der Waals surface area (Å²) in [4.78, 5) is 15.0. The van der Waals surface area contributed by atoms with Gasteiger partial charge in [-0.1, -0.05) is 35.9 Å². The zero-order chi connectivity index (χ0) is 26.2. The maximum absolute atomic E-state index is 13.4. The number of morpholine rings is 1. The number of hydrogen-bond acceptors (Lipinski definition) is 7. The van der Waals surface area contributed by atoms with E-state index in [0.717, 1.165) is 22.6 Å². The van der Waals surface area contributed by atoms with Gasteiger partial charge in [0.2, 0.25) is 0 Å². The second kappa shape index (κ2) is 12.7. The van der Waals surface area contributed by atoms with E-state index in [1.807, 2.05) is 48.5 Å². The van der Waals surface area contributed by atoms with E-state index in [1.165, 1.54) is 0 Å². The number of carbonyl (C=O) groups is 1. The standard InChI is InChI=1S/C28H30ClNO7/c1-33-22-7-3-19(4-8-22)16-36-25-12-11-24(28(32)30-13-14-35-18-21(30)15-31)26(29)27(25)37-17-20-5-9-23(34-2)10-6-20/h3-12,21,31H,13-18H2,1-2H3/t21-/m1/s1. The number of ether oxygens (including phenoxy) is 5. The molecule has 0 aromatic heterocycles. The van der Waals surface area contributed by atoms with Gasteiger partial charge in [-0.05, 0) is 47.5 Å². The van der Waals surface area contributed by atoms with Gasteiger partial charge in [0.05, 0.1) is 50.7 Å². The fraction of sp³-hybridized carbons (Fsp3) is 0.321. The summed E-state index contributed by atoms with van der Waals surface area (Å²) in [6, 6.07) is 17.9. The number of halogens is 1. The largest absolute Gasteiger partial charge is 0.497 e. The second-order valence-electron chi connectivity index (χ2n) is 8.44. The molecule has 0 radical (unpaired) electrons. The number of rotatable bonds is 10. The van der Waals surface area contributed by atoms with Gasteiger partial charge in [0.15, 0.2) is 11.5 Å². The lowest BCUT2D eigenvalue weighted by Crippen LogP contribution is -2.50. The second-order valence-corrected chi connectivity index (χ2v) is 8.82. The van der Waals surface area contributed by atoms with Crippen molar-refractivity contribution in [3.63, 3.8) is 0 Å². The third-order valence-electron chi connectivity index (χ3n) is 6.09. The summed E-state index contributed by atoms with van der Waals surface area (Å²) in [6.45, 7) is 1.29. The number of benzene rings is 3. The van der Waals surface area contributed by atoms with Crippen molar-refractivity contribution in [2.75, 3.05) is 40.6 Å². The van der Waals surface area contributed by atoms with Crippen LogP contribution in [0.4, 0.5) is 0 Å². The maximum Gasteiger partial charge on any atom is 0.256 e. The molecule has 1 aliphatic rings. The first kappa shape index (κ1) is 26.6. The number of amides is 1. The molecule has 0 aliphatic carbocycles. The van der Waals surface area contributed by atoms with Crippen LogP contribution < -0.4 is 18.9 Å². The molecule has 1 saturated heterocycles. The molecule has 3 aromatic carbocycles. The van der Waals surface area contributed by atoms with E-state index < -0.39 is 6.04 Å². The Bertz CT molecular complexity index is 1180. The van der Waals surface area contributed by atoms with E-state index in [1.54, 1.807) is 31.3 Å². The first-order chi connectivity index (χ1) is 18.0. The van der Waals surface area contributed by atoms with E-state index in [-0.39, 0.29) is 48.7 Å². The molecule has 196 valence electrons. The Labute approximate surface area is 221 Å². The summed E-state index contributed by atoms with van der Waals surface area (Å²) in [5.41, 5.74) is 2.09. The quantitative estimate of drug-likeness (QED) is 0.419. The molecule has 1 aliphatic heterocycles. The Morgan fingerprint density at radius 3 is 2.11 bits per heavy atom. The van der Waals surface area contributed by atoms with Gasteiger partial charge in [-0.2, -0.15) is 0 Å². The predicted octanol–water partition coefficient (Wildman–Crippen LogP) is 4.35. The summed E-state index contributed by atoms with van der Waals surface area (Å²) >= 11 is 6.77. The Balaban J connectivity index is 1.60. The fourth-order valence-electron chi connectivity index (χ4n) is 3.94. The van der Waals surface area contributed by atoms with Gasteiger partial charge in [0.1, 0.15) is 24.7 Å². The number of methoxy groups -OCH3 is 2. The molecule has 0 bridgehead atoms. The fourth-order valence-corrected chi connectivity index (χ4v) is 4.23. The van der Waals surface area contributed by atoms with Crippen LogP contribution in [0.3, 0.4) is 0 Å². The SMILES string of the molecule is COc1ccc(COc2ccc(C(=O)N3CCOC[C@H]3CO)c(Cl)c2OCc2ccc(OC)cc2)cc1. The van der Waals surface area contributed by atoms with Gasteiger partial charge in [0.25, 0.3) is 5.91 Å². The highest BCUT2D eigenvalue weighted by Crippen LogP contribution is 2.39. The molecule has 4 rings (SSSR count). The van der Waals surface area contributed by atoms with Crippen LogP contribution in [-0.4, -0.2) is 62.5 Å². The van der Waals surface area contributed by atoms with Crippen LogP contribution in [0.15, 0.2) is 60.7 Å². The number of hydrogen-bond donors (Lipinski definition) is 1. The van der Waals surface area contributed by atoms with Gasteiger partial charge >= 0.3 is 0 Å². The van der Waals surface area contributed by atoms with Crippen LogP contribution in [-0.2, 0) is 18.0 Å². The summed E-state index contributed by atoms with van der Waals surface area (Å²) in [5.74, 6) is 1.87. The van der Waals surface area contributed by atoms with Crippen LogP contribution in [0, 0.1) is 0 Å². The van der Waals surface area contributed by atoms with Crippen molar-refractivity contribution in [1.82, 2.24) is 4.90 Å². The normalized spacial score (nSPS) is 15.2. The van der Waals surface area contributed by atoms with Crippen molar-refractivity contribution in [3.8, 4) is 23.0 Å². The van der Waals surface area contributed by atoms with Crippen molar-refractivity contribution < 1.29 is 33.6 Å². The molecule has 37 heavy (non-hydrogen) atoms. The van der Waals surface area contributed by atoms with Gasteiger partial charge in [-0.25, -0.2) is 0 Å². The minimum absolute atomic E-state index is 0.147. The van der Waals surface area contributed by atoms with Gasteiger partial charge in [-0.3, -0.25) is 4.79 Å². The monoisotopic (exact) mass is 527 g/mol. The lowest BCUT2D eigenvalue weighted by molar-refractivity contribution is -0.0184. The predicted molar refractivity (Wildman–Crippen MR) is 139 cm³/mol. The van der Waals surface area contributed by atoms with Crippen LogP contribution in [0.2, 0.25) is 5.02 Å². The van der Waals surface area contributed by atoms with Crippen LogP contribution in [0.5, 0.6) is 23.0 Å². The van der Waals surface area contributed by atoms with Gasteiger partial charge < -0.3 is 33.7 Å². The van der Waals surface area contributed by atoms with Crippen molar-refractivity contribution in [2.24, 2.45) is 0 Å². The minimum atomic E-state index is -0.438. The summed E-state index contributed by atoms with van der Waals surface area (Å²) in [7, 11) is 3.22. The van der Waals surface area contributed by atoms with Crippen molar-refractivity contribution >= 4 is 17.5 Å². The number of carbonyl (C=O) groups excluding carboxylic acids is 1. The third-order valence-corrected chi connectivity index (χ3v) is 6.46. The molecular formula is C28H30ClNO7. The molecule has 0 spiro atoms. The summed E-state index contributed by atoms with van der Waals surface area (Å²) < 4.78 is 28.0. The lowest BCUT2D eigenvalue weighted by Gasteiger charge is -2.34. The molecule has 1 fully saturated rings. The Kier molecular flexibility index (Phi) is 9.11. The Morgan fingerprint density at radius 2 is 1.54 bits per heavy atom. The van der Waals surface area contributed by atoms with Crippen molar-refractivity contribution in [3.05, 3.63) is 82.4 Å². The molecule has 1 heterocycles. The average molecular weight is 528 g/mol. The van der Waals surface area contributed by atoms with Crippen molar-refractivity contribution in [1.29, 1.82) is 0 Å². The molecule has 9 heteroatoms. The topological polar surface area (TPSA) is 86.7 Å². The smallest absolute Gasteiger partial charge is 0.256 e. The summed E-state index contributed by atoms with van der Waals surface area (Å²) in [6.07, 6.45) is 0. The molecule has 1 N–H and O–H groups in total. The molecule has 1 amide bonds. The number of nitrogens with zero attached hydrogens (tertiary/aromatic N) is 1. The molecule has 1 atom stereocenters. The number of aliphatic hydroxyl groups excluding tert-OH is 1. The Hall–Kier alpha value is -3.46. The Morgan fingerprint density at radius 1 is 0.946 bits per heavy atom. The molecule has 3 aromatic rings. The summed E-state index contributed by atoms with van der Waals surface area (Å²) in [5, 5.41) is 9.86. The van der Waals surface area contributed by atoms with E-state index in [2.05, 4.69) is 0 Å². The highest BCUT2D eigenvalue weighted by molar-refractivity contribution is 6.35. The molecular weight excluding hydrogens is 498 g/mol. The van der Waals surface area contributed by atoms with E-state index in [4.69, 9.17) is 35.3 Å².